The van der Waals surface area contributed by atoms with Crippen LogP contribution < -0.4 is 0 Å². The van der Waals surface area contributed by atoms with Crippen LogP contribution >= 0.6 is 0 Å². The highest BCUT2D eigenvalue weighted by Crippen LogP contribution is 2.32. The zero-order chi connectivity index (χ0) is 23.4. The van der Waals surface area contributed by atoms with Crippen molar-refractivity contribution >= 4 is 0 Å². The summed E-state index contributed by atoms with van der Waals surface area (Å²) in [5.41, 5.74) is 3.28. The standard InChI is InChI=1S/C28H29F3O2/c1-3-5-20-11-14-24(28(31)27(20)30)19-9-7-18(8-10-19)21-12-13-23(25(29)15-21)22-16-32-26(6-4-2)33-17-22/h7-15,22,26H,3-6,16-17H2,1-2H3. The first-order chi connectivity index (χ1) is 16.0. The van der Waals surface area contributed by atoms with Crippen LogP contribution in [-0.2, 0) is 15.9 Å². The van der Waals surface area contributed by atoms with Gasteiger partial charge in [-0.1, -0.05) is 75.2 Å². The van der Waals surface area contributed by atoms with Gasteiger partial charge in [-0.2, -0.15) is 0 Å². The zero-order valence-electron chi connectivity index (χ0n) is 19.0. The molecule has 0 amide bonds. The summed E-state index contributed by atoms with van der Waals surface area (Å²) in [7, 11) is 0. The molecule has 0 spiro atoms. The van der Waals surface area contributed by atoms with Crippen molar-refractivity contribution in [2.24, 2.45) is 0 Å². The van der Waals surface area contributed by atoms with E-state index in [9.17, 15) is 13.2 Å². The van der Waals surface area contributed by atoms with Gasteiger partial charge in [0, 0.05) is 11.5 Å². The van der Waals surface area contributed by atoms with Gasteiger partial charge in [-0.15, -0.1) is 0 Å². The summed E-state index contributed by atoms with van der Waals surface area (Å²) in [6.45, 7) is 4.88. The smallest absolute Gasteiger partial charge is 0.166 e. The van der Waals surface area contributed by atoms with Crippen LogP contribution in [0, 0.1) is 17.5 Å². The Labute approximate surface area is 193 Å². The Kier molecular flexibility index (Phi) is 7.51. The highest BCUT2D eigenvalue weighted by atomic mass is 19.2. The summed E-state index contributed by atoms with van der Waals surface area (Å²) in [6, 6.07) is 15.5. The number of halogens is 3. The lowest BCUT2D eigenvalue weighted by Gasteiger charge is -2.29. The molecule has 1 heterocycles. The molecule has 4 rings (SSSR count). The van der Waals surface area contributed by atoms with Gasteiger partial charge in [-0.25, -0.2) is 13.2 Å². The highest BCUT2D eigenvalue weighted by molar-refractivity contribution is 5.71. The van der Waals surface area contributed by atoms with Gasteiger partial charge in [0.05, 0.1) is 13.2 Å². The Morgan fingerprint density at radius 1 is 0.758 bits per heavy atom. The minimum absolute atomic E-state index is 0.136. The number of hydrogen-bond donors (Lipinski definition) is 0. The Hall–Kier alpha value is -2.63. The minimum atomic E-state index is -0.831. The van der Waals surface area contributed by atoms with E-state index < -0.39 is 11.6 Å². The van der Waals surface area contributed by atoms with Gasteiger partial charge in [0.2, 0.25) is 0 Å². The van der Waals surface area contributed by atoms with Crippen LogP contribution in [-0.4, -0.2) is 19.5 Å². The molecule has 174 valence electrons. The van der Waals surface area contributed by atoms with Crippen molar-refractivity contribution in [1.82, 2.24) is 0 Å². The van der Waals surface area contributed by atoms with Crippen LogP contribution in [0.3, 0.4) is 0 Å². The second kappa shape index (κ2) is 10.5. The second-order valence-corrected chi connectivity index (χ2v) is 8.55. The number of hydrogen-bond acceptors (Lipinski definition) is 2. The van der Waals surface area contributed by atoms with Crippen molar-refractivity contribution in [2.75, 3.05) is 13.2 Å². The van der Waals surface area contributed by atoms with Gasteiger partial charge in [0.15, 0.2) is 17.9 Å². The van der Waals surface area contributed by atoms with E-state index in [1.54, 1.807) is 42.5 Å². The minimum Gasteiger partial charge on any atom is -0.352 e. The first-order valence-corrected chi connectivity index (χ1v) is 11.6. The first kappa shape index (κ1) is 23.5. The molecule has 1 saturated heterocycles. The summed E-state index contributed by atoms with van der Waals surface area (Å²) >= 11 is 0. The molecule has 0 atom stereocenters. The van der Waals surface area contributed by atoms with Crippen molar-refractivity contribution in [3.05, 3.63) is 83.2 Å². The fourth-order valence-electron chi connectivity index (χ4n) is 4.28. The molecule has 3 aromatic rings. The molecular formula is C28H29F3O2. The number of aryl methyl sites for hydroxylation is 1. The molecule has 5 heteroatoms. The number of benzene rings is 3. The van der Waals surface area contributed by atoms with Crippen LogP contribution in [0.15, 0.2) is 54.6 Å². The summed E-state index contributed by atoms with van der Waals surface area (Å²) < 4.78 is 55.2. The lowest BCUT2D eigenvalue weighted by Crippen LogP contribution is -2.31. The number of ether oxygens (including phenoxy) is 2. The van der Waals surface area contributed by atoms with Crippen molar-refractivity contribution in [1.29, 1.82) is 0 Å². The van der Waals surface area contributed by atoms with Crippen LogP contribution in [0.4, 0.5) is 13.2 Å². The van der Waals surface area contributed by atoms with Crippen LogP contribution in [0.1, 0.15) is 50.2 Å². The summed E-state index contributed by atoms with van der Waals surface area (Å²) in [5, 5.41) is 0. The van der Waals surface area contributed by atoms with Crippen LogP contribution in [0.25, 0.3) is 22.3 Å². The summed E-state index contributed by atoms with van der Waals surface area (Å²) in [6.07, 6.45) is 2.86. The van der Waals surface area contributed by atoms with Crippen molar-refractivity contribution < 1.29 is 22.6 Å². The third kappa shape index (κ3) is 5.15. The van der Waals surface area contributed by atoms with E-state index in [1.807, 2.05) is 13.0 Å². The fraction of sp³-hybridized carbons (Fsp3) is 0.357. The van der Waals surface area contributed by atoms with Gasteiger partial charge < -0.3 is 9.47 Å². The van der Waals surface area contributed by atoms with Crippen molar-refractivity contribution in [3.8, 4) is 22.3 Å². The van der Waals surface area contributed by atoms with Gasteiger partial charge in [-0.05, 0) is 46.7 Å². The maximum absolute atomic E-state index is 14.9. The van der Waals surface area contributed by atoms with Gasteiger partial charge in [0.25, 0.3) is 0 Å². The van der Waals surface area contributed by atoms with E-state index in [-0.39, 0.29) is 23.6 Å². The molecule has 1 fully saturated rings. The van der Waals surface area contributed by atoms with E-state index in [4.69, 9.17) is 9.47 Å². The molecule has 1 aliphatic heterocycles. The van der Waals surface area contributed by atoms with E-state index in [2.05, 4.69) is 6.92 Å². The molecule has 0 unspecified atom stereocenters. The first-order valence-electron chi connectivity index (χ1n) is 11.6. The van der Waals surface area contributed by atoms with E-state index in [1.165, 1.54) is 6.07 Å². The average Bonchev–Trinajstić information content (AvgIpc) is 2.83. The predicted molar refractivity (Wildman–Crippen MR) is 125 cm³/mol. The van der Waals surface area contributed by atoms with Gasteiger partial charge >= 0.3 is 0 Å². The Morgan fingerprint density at radius 3 is 2.06 bits per heavy atom. The maximum atomic E-state index is 14.9. The Morgan fingerprint density at radius 2 is 1.42 bits per heavy atom. The molecule has 0 aromatic heterocycles. The molecule has 0 bridgehead atoms. The monoisotopic (exact) mass is 454 g/mol. The van der Waals surface area contributed by atoms with Gasteiger partial charge in [-0.3, -0.25) is 0 Å². The van der Waals surface area contributed by atoms with Crippen LogP contribution in [0.5, 0.6) is 0 Å². The molecule has 0 N–H and O–H groups in total. The molecule has 0 radical (unpaired) electrons. The number of rotatable bonds is 7. The SMILES string of the molecule is CCCc1ccc(-c2ccc(-c3ccc(C4COC(CCC)OC4)c(F)c3)cc2)c(F)c1F. The third-order valence-electron chi connectivity index (χ3n) is 6.14. The predicted octanol–water partition coefficient (Wildman–Crippen LogP) is 7.65. The second-order valence-electron chi connectivity index (χ2n) is 8.55. The molecule has 1 aliphatic rings. The highest BCUT2D eigenvalue weighted by Gasteiger charge is 2.25. The topological polar surface area (TPSA) is 18.5 Å². The molecule has 0 saturated carbocycles. The fourth-order valence-corrected chi connectivity index (χ4v) is 4.28. The molecule has 3 aromatic carbocycles. The van der Waals surface area contributed by atoms with E-state index in [0.717, 1.165) is 24.8 Å². The average molecular weight is 455 g/mol. The summed E-state index contributed by atoms with van der Waals surface area (Å²) in [4.78, 5) is 0. The Bertz CT molecular complexity index is 1090. The lowest BCUT2D eigenvalue weighted by atomic mass is 9.94. The quantitative estimate of drug-likeness (QED) is 0.365. The molecule has 33 heavy (non-hydrogen) atoms. The molecular weight excluding hydrogens is 425 g/mol. The largest absolute Gasteiger partial charge is 0.352 e. The third-order valence-corrected chi connectivity index (χ3v) is 6.14. The van der Waals surface area contributed by atoms with Crippen molar-refractivity contribution in [2.45, 2.75) is 51.7 Å². The lowest BCUT2D eigenvalue weighted by molar-refractivity contribution is -0.190. The maximum Gasteiger partial charge on any atom is 0.166 e. The van der Waals surface area contributed by atoms with Crippen molar-refractivity contribution in [3.63, 3.8) is 0 Å². The Balaban J connectivity index is 1.51. The van der Waals surface area contributed by atoms with E-state index >= 15 is 0 Å². The normalized spacial score (nSPS) is 18.5. The molecule has 2 nitrogen and oxygen atoms in total. The molecule has 0 aliphatic carbocycles. The zero-order valence-corrected chi connectivity index (χ0v) is 19.0. The van der Waals surface area contributed by atoms with Crippen LogP contribution in [0.2, 0.25) is 0 Å². The summed E-state index contributed by atoms with van der Waals surface area (Å²) in [5.74, 6) is -2.06. The van der Waals surface area contributed by atoms with Gasteiger partial charge in [0.1, 0.15) is 5.82 Å². The van der Waals surface area contributed by atoms with E-state index in [0.29, 0.717) is 41.9 Å².